The van der Waals surface area contributed by atoms with Gasteiger partial charge in [0.05, 0.1) is 17.6 Å². The maximum Gasteiger partial charge on any atom is 0.129 e. The van der Waals surface area contributed by atoms with Crippen molar-refractivity contribution < 1.29 is 4.39 Å². The van der Waals surface area contributed by atoms with Crippen molar-refractivity contribution in [3.63, 3.8) is 0 Å². The first-order chi connectivity index (χ1) is 8.97. The molecule has 0 bridgehead atoms. The molecule has 1 aromatic carbocycles. The summed E-state index contributed by atoms with van der Waals surface area (Å²) < 4.78 is 14.1. The Morgan fingerprint density at radius 3 is 2.63 bits per heavy atom. The lowest BCUT2D eigenvalue weighted by molar-refractivity contribution is 0.514. The molecule has 3 nitrogen and oxygen atoms in total. The van der Waals surface area contributed by atoms with Crippen LogP contribution >= 0.6 is 0 Å². The summed E-state index contributed by atoms with van der Waals surface area (Å²) in [6, 6.07) is 5.08. The summed E-state index contributed by atoms with van der Waals surface area (Å²) in [5.74, 6) is 0.357. The molecule has 1 aliphatic rings. The molecule has 0 N–H and O–H groups in total. The van der Waals surface area contributed by atoms with E-state index in [0.717, 1.165) is 11.4 Å². The first kappa shape index (κ1) is 12.3. The Morgan fingerprint density at radius 2 is 2.00 bits per heavy atom. The number of halogens is 1. The van der Waals surface area contributed by atoms with Crippen molar-refractivity contribution in [2.75, 3.05) is 0 Å². The quantitative estimate of drug-likeness (QED) is 0.825. The molecule has 100 valence electrons. The molecule has 0 unspecified atom stereocenters. The van der Waals surface area contributed by atoms with Crippen LogP contribution in [0.25, 0.3) is 5.69 Å². The van der Waals surface area contributed by atoms with E-state index < -0.39 is 0 Å². The second-order valence-electron chi connectivity index (χ2n) is 6.22. The van der Waals surface area contributed by atoms with Crippen molar-refractivity contribution in [2.45, 2.75) is 44.9 Å². The molecule has 0 amide bonds. The van der Waals surface area contributed by atoms with Gasteiger partial charge in [-0.1, -0.05) is 26.8 Å². The molecule has 0 radical (unpaired) electrons. The molecule has 19 heavy (non-hydrogen) atoms. The van der Waals surface area contributed by atoms with E-state index in [9.17, 15) is 4.39 Å². The molecule has 0 saturated heterocycles. The van der Waals surface area contributed by atoms with Gasteiger partial charge in [-0.05, 0) is 30.4 Å². The van der Waals surface area contributed by atoms with E-state index in [1.54, 1.807) is 17.1 Å². The minimum Gasteiger partial charge on any atom is -0.207 e. The van der Waals surface area contributed by atoms with E-state index in [2.05, 4.69) is 10.2 Å². The van der Waals surface area contributed by atoms with Gasteiger partial charge >= 0.3 is 0 Å². The monoisotopic (exact) mass is 259 g/mol. The van der Waals surface area contributed by atoms with Crippen LogP contribution in [0.4, 0.5) is 4.39 Å². The molecule has 1 aliphatic carbocycles. The fraction of sp³-hybridized carbons (Fsp3) is 0.467. The molecular formula is C15H18FN3. The van der Waals surface area contributed by atoms with Gasteiger partial charge in [0, 0.05) is 11.5 Å². The first-order valence-corrected chi connectivity index (χ1v) is 6.68. The molecule has 0 spiro atoms. The van der Waals surface area contributed by atoms with Gasteiger partial charge in [-0.3, -0.25) is 0 Å². The fourth-order valence-electron chi connectivity index (χ4n) is 2.38. The zero-order valence-electron chi connectivity index (χ0n) is 11.5. The predicted molar refractivity (Wildman–Crippen MR) is 72.0 cm³/mol. The third kappa shape index (κ3) is 2.27. The summed E-state index contributed by atoms with van der Waals surface area (Å²) in [5.41, 5.74) is 2.13. The second kappa shape index (κ2) is 4.15. The third-order valence-electron chi connectivity index (χ3n) is 3.46. The van der Waals surface area contributed by atoms with E-state index in [-0.39, 0.29) is 11.2 Å². The smallest absolute Gasteiger partial charge is 0.129 e. The normalized spacial score (nSPS) is 15.8. The topological polar surface area (TPSA) is 30.7 Å². The zero-order valence-corrected chi connectivity index (χ0v) is 11.5. The summed E-state index contributed by atoms with van der Waals surface area (Å²) in [6.45, 7) is 6.00. The van der Waals surface area contributed by atoms with Crippen molar-refractivity contribution in [1.29, 1.82) is 0 Å². The van der Waals surface area contributed by atoms with Crippen LogP contribution < -0.4 is 0 Å². The largest absolute Gasteiger partial charge is 0.207 e. The third-order valence-corrected chi connectivity index (χ3v) is 3.46. The van der Waals surface area contributed by atoms with Gasteiger partial charge in [0.15, 0.2) is 0 Å². The molecule has 0 atom stereocenters. The Labute approximate surface area is 112 Å². The number of nitrogens with zero attached hydrogens (tertiary/aromatic N) is 3. The Bertz CT molecular complexity index is 606. The highest BCUT2D eigenvalue weighted by Gasteiger charge is 2.28. The van der Waals surface area contributed by atoms with Crippen molar-refractivity contribution in [3.8, 4) is 5.69 Å². The molecule has 2 aromatic rings. The molecule has 1 heterocycles. The second-order valence-corrected chi connectivity index (χ2v) is 6.22. The van der Waals surface area contributed by atoms with Crippen LogP contribution in [0.15, 0.2) is 24.4 Å². The highest BCUT2D eigenvalue weighted by atomic mass is 19.1. The van der Waals surface area contributed by atoms with Crippen molar-refractivity contribution in [1.82, 2.24) is 15.0 Å². The lowest BCUT2D eigenvalue weighted by Crippen LogP contribution is -2.18. The molecule has 3 rings (SSSR count). The predicted octanol–water partition coefficient (Wildman–Crippen LogP) is 3.58. The minimum atomic E-state index is -0.284. The van der Waals surface area contributed by atoms with Crippen LogP contribution in [0.2, 0.25) is 0 Å². The van der Waals surface area contributed by atoms with E-state index in [1.807, 2.05) is 26.8 Å². The van der Waals surface area contributed by atoms with Crippen LogP contribution in [0.5, 0.6) is 0 Å². The Morgan fingerprint density at radius 1 is 1.26 bits per heavy atom. The van der Waals surface area contributed by atoms with E-state index in [0.29, 0.717) is 11.5 Å². The van der Waals surface area contributed by atoms with Gasteiger partial charge in [-0.15, -0.1) is 0 Å². The maximum absolute atomic E-state index is 14.1. The summed E-state index contributed by atoms with van der Waals surface area (Å²) in [7, 11) is 0. The van der Waals surface area contributed by atoms with Crippen LogP contribution in [-0.4, -0.2) is 15.0 Å². The first-order valence-electron chi connectivity index (χ1n) is 6.68. The Balaban J connectivity index is 2.10. The van der Waals surface area contributed by atoms with Gasteiger partial charge in [0.25, 0.3) is 0 Å². The maximum atomic E-state index is 14.1. The van der Waals surface area contributed by atoms with Gasteiger partial charge in [0.1, 0.15) is 5.82 Å². The fourth-order valence-corrected chi connectivity index (χ4v) is 2.38. The number of rotatable bonds is 2. The van der Waals surface area contributed by atoms with Crippen molar-refractivity contribution >= 4 is 0 Å². The van der Waals surface area contributed by atoms with E-state index in [4.69, 9.17) is 0 Å². The average Bonchev–Trinajstić information content (AvgIpc) is 3.05. The lowest BCUT2D eigenvalue weighted by atomic mass is 9.85. The van der Waals surface area contributed by atoms with Crippen LogP contribution in [0, 0.1) is 5.82 Å². The summed E-state index contributed by atoms with van der Waals surface area (Å²) in [5, 5.41) is 8.80. The Hall–Kier alpha value is -1.71. The highest BCUT2D eigenvalue weighted by molar-refractivity contribution is 5.44. The van der Waals surface area contributed by atoms with Gasteiger partial charge < -0.3 is 0 Å². The molecule has 4 heteroatoms. The van der Waals surface area contributed by atoms with Crippen molar-refractivity contribution in [3.05, 3.63) is 41.5 Å². The molecule has 0 aliphatic heterocycles. The molecule has 1 fully saturated rings. The number of hydrogen-bond acceptors (Lipinski definition) is 2. The minimum absolute atomic E-state index is 0.199. The van der Waals surface area contributed by atoms with Gasteiger partial charge in [-0.2, -0.15) is 15.0 Å². The number of aromatic nitrogens is 3. The van der Waals surface area contributed by atoms with Crippen LogP contribution in [0.1, 0.15) is 50.8 Å². The number of benzene rings is 1. The lowest BCUT2D eigenvalue weighted by Gasteiger charge is -2.22. The standard InChI is InChI=1S/C15H18FN3/c1-15(2,3)14-11(16)5-4-6-13(14)19-17-9-12(18-19)10-7-8-10/h4-6,9-10H,7-8H2,1-3H3. The average molecular weight is 259 g/mol. The zero-order chi connectivity index (χ0) is 13.6. The Kier molecular flexibility index (Phi) is 2.69. The van der Waals surface area contributed by atoms with Crippen LogP contribution in [-0.2, 0) is 5.41 Å². The van der Waals surface area contributed by atoms with E-state index in [1.165, 1.54) is 18.9 Å². The molecule has 1 saturated carbocycles. The summed E-state index contributed by atoms with van der Waals surface area (Å²) in [4.78, 5) is 1.57. The molecule has 1 aromatic heterocycles. The highest BCUT2D eigenvalue weighted by Crippen LogP contribution is 2.39. The number of hydrogen-bond donors (Lipinski definition) is 0. The van der Waals surface area contributed by atoms with E-state index >= 15 is 0 Å². The van der Waals surface area contributed by atoms with Gasteiger partial charge in [-0.25, -0.2) is 4.39 Å². The summed E-state index contributed by atoms with van der Waals surface area (Å²) >= 11 is 0. The molecular weight excluding hydrogens is 241 g/mol. The van der Waals surface area contributed by atoms with Crippen molar-refractivity contribution in [2.24, 2.45) is 0 Å². The summed E-state index contributed by atoms with van der Waals surface area (Å²) in [6.07, 6.45) is 4.18. The van der Waals surface area contributed by atoms with Gasteiger partial charge in [0.2, 0.25) is 0 Å². The van der Waals surface area contributed by atoms with Crippen LogP contribution in [0.3, 0.4) is 0 Å². The SMILES string of the molecule is CC(C)(C)c1c(F)cccc1-n1ncc(C2CC2)n1.